The molecule has 3 aromatic heterocycles. The molecule has 4 heterocycles. The summed E-state index contributed by atoms with van der Waals surface area (Å²) in [6.07, 6.45) is 4.73. The third kappa shape index (κ3) is 2.39. The number of amides is 1. The van der Waals surface area contributed by atoms with Gasteiger partial charge in [0.25, 0.3) is 5.91 Å². The summed E-state index contributed by atoms with van der Waals surface area (Å²) in [7, 11) is 1.78. The molecule has 0 spiro atoms. The number of nitrogens with one attached hydrogen (secondary N) is 1. The first-order valence-electron chi connectivity index (χ1n) is 7.34. The minimum absolute atomic E-state index is 0.0643. The van der Waals surface area contributed by atoms with Crippen LogP contribution in [0.25, 0.3) is 11.0 Å². The van der Waals surface area contributed by atoms with E-state index in [4.69, 9.17) is 0 Å². The quantitative estimate of drug-likeness (QED) is 0.770. The van der Waals surface area contributed by atoms with Crippen LogP contribution in [0.1, 0.15) is 6.42 Å². The molecule has 0 saturated carbocycles. The molecule has 4 rings (SSSR count). The van der Waals surface area contributed by atoms with Crippen LogP contribution in [0.2, 0.25) is 0 Å². The smallest absolute Gasteiger partial charge is 0.265 e. The van der Waals surface area contributed by atoms with E-state index in [2.05, 4.69) is 25.4 Å². The molecule has 1 atom stereocenters. The number of hydrogen-bond acceptors (Lipinski definition) is 7. The van der Waals surface area contributed by atoms with Crippen molar-refractivity contribution in [2.24, 2.45) is 7.05 Å². The molecule has 8 nitrogen and oxygen atoms in total. The lowest BCUT2D eigenvalue weighted by Gasteiger charge is -2.20. The number of rotatable bonds is 3. The molecule has 1 unspecified atom stereocenters. The largest absolute Gasteiger partial charge is 0.352 e. The number of nitrogens with zero attached hydrogens (tertiary/aromatic N) is 6. The van der Waals surface area contributed by atoms with Crippen LogP contribution in [0.15, 0.2) is 24.1 Å². The number of carbonyl (C=O) groups is 1. The van der Waals surface area contributed by atoms with Gasteiger partial charge < -0.3 is 4.90 Å². The van der Waals surface area contributed by atoms with E-state index in [0.717, 1.165) is 5.39 Å². The van der Waals surface area contributed by atoms with Gasteiger partial charge in [-0.15, -0.1) is 11.3 Å². The lowest BCUT2D eigenvalue weighted by Crippen LogP contribution is -2.41. The van der Waals surface area contributed by atoms with E-state index in [1.807, 2.05) is 0 Å². The molecule has 1 aliphatic rings. The number of aromatic nitrogens is 5. The zero-order valence-electron chi connectivity index (χ0n) is 12.8. The zero-order valence-corrected chi connectivity index (χ0v) is 13.6. The molecular formula is C14H14FN7OS. The van der Waals surface area contributed by atoms with E-state index < -0.39 is 11.6 Å². The van der Waals surface area contributed by atoms with Crippen LogP contribution in [-0.2, 0) is 11.8 Å². The van der Waals surface area contributed by atoms with E-state index in [-0.39, 0.29) is 13.0 Å². The van der Waals surface area contributed by atoms with Crippen molar-refractivity contribution in [3.8, 4) is 0 Å². The van der Waals surface area contributed by atoms with Gasteiger partial charge in [-0.3, -0.25) is 14.8 Å². The maximum atomic E-state index is 15.1. The molecule has 0 radical (unpaired) electrons. The highest BCUT2D eigenvalue weighted by Gasteiger charge is 2.46. The van der Waals surface area contributed by atoms with Crippen molar-refractivity contribution < 1.29 is 9.18 Å². The Kier molecular flexibility index (Phi) is 3.41. The van der Waals surface area contributed by atoms with Crippen molar-refractivity contribution in [2.45, 2.75) is 12.1 Å². The van der Waals surface area contributed by atoms with Gasteiger partial charge >= 0.3 is 0 Å². The van der Waals surface area contributed by atoms with Crippen LogP contribution in [0, 0.1) is 0 Å². The first-order chi connectivity index (χ1) is 11.6. The fraction of sp³-hybridized carbons (Fsp3) is 0.357. The molecule has 1 amide bonds. The SMILES string of the molecule is Cn1ncc2c(N3CCC(F)(C(=O)Nc4nccs4)C3)ncnc21. The van der Waals surface area contributed by atoms with Gasteiger partial charge in [0.15, 0.2) is 10.8 Å². The van der Waals surface area contributed by atoms with Crippen LogP contribution in [0.3, 0.4) is 0 Å². The summed E-state index contributed by atoms with van der Waals surface area (Å²) in [6, 6.07) is 0. The zero-order chi connectivity index (χ0) is 16.7. The molecule has 0 bridgehead atoms. The van der Waals surface area contributed by atoms with Gasteiger partial charge in [0.05, 0.1) is 18.1 Å². The Bertz CT molecular complexity index is 896. The number of carbonyl (C=O) groups excluding carboxylic acids is 1. The number of thiazole rings is 1. The first-order valence-corrected chi connectivity index (χ1v) is 8.22. The number of hydrogen-bond donors (Lipinski definition) is 1. The molecule has 0 aliphatic carbocycles. The molecular weight excluding hydrogens is 333 g/mol. The van der Waals surface area contributed by atoms with Gasteiger partial charge in [-0.2, -0.15) is 5.10 Å². The summed E-state index contributed by atoms with van der Waals surface area (Å²) in [6.45, 7) is 0.327. The molecule has 1 N–H and O–H groups in total. The molecule has 0 aromatic carbocycles. The van der Waals surface area contributed by atoms with Gasteiger partial charge in [0, 0.05) is 31.6 Å². The van der Waals surface area contributed by atoms with Crippen LogP contribution < -0.4 is 10.2 Å². The Balaban J connectivity index is 1.58. The minimum Gasteiger partial charge on any atom is -0.352 e. The summed E-state index contributed by atoms with van der Waals surface area (Å²) >= 11 is 1.26. The van der Waals surface area contributed by atoms with E-state index >= 15 is 4.39 Å². The average molecular weight is 347 g/mol. The first kappa shape index (κ1) is 14.9. The third-order valence-electron chi connectivity index (χ3n) is 4.09. The molecule has 1 aliphatic heterocycles. The van der Waals surface area contributed by atoms with Gasteiger partial charge in [-0.1, -0.05) is 0 Å². The predicted molar refractivity (Wildman–Crippen MR) is 87.7 cm³/mol. The second-order valence-corrected chi connectivity index (χ2v) is 6.53. The molecule has 10 heteroatoms. The van der Waals surface area contributed by atoms with E-state index in [1.165, 1.54) is 17.7 Å². The fourth-order valence-corrected chi connectivity index (χ4v) is 3.36. The minimum atomic E-state index is -1.98. The van der Waals surface area contributed by atoms with Crippen LogP contribution in [-0.4, -0.2) is 49.4 Å². The topological polar surface area (TPSA) is 88.8 Å². The Morgan fingerprint density at radius 1 is 1.42 bits per heavy atom. The highest BCUT2D eigenvalue weighted by molar-refractivity contribution is 7.13. The maximum Gasteiger partial charge on any atom is 0.265 e. The standard InChI is InChI=1S/C14H14FN7OS/c1-21-10-9(6-19-21)11(18-8-17-10)22-4-2-14(15,7-22)12(23)20-13-16-3-5-24-13/h3,5-6,8H,2,4,7H2,1H3,(H,16,20,23). The highest BCUT2D eigenvalue weighted by Crippen LogP contribution is 2.33. The van der Waals surface area contributed by atoms with Crippen LogP contribution in [0.4, 0.5) is 15.3 Å². The van der Waals surface area contributed by atoms with Crippen LogP contribution in [0.5, 0.6) is 0 Å². The van der Waals surface area contributed by atoms with Gasteiger partial charge in [0.2, 0.25) is 5.67 Å². The number of aryl methyl sites for hydroxylation is 1. The van der Waals surface area contributed by atoms with E-state index in [1.54, 1.807) is 34.4 Å². The summed E-state index contributed by atoms with van der Waals surface area (Å²) in [4.78, 5) is 26.4. The fourth-order valence-electron chi connectivity index (χ4n) is 2.83. The van der Waals surface area contributed by atoms with Crippen LogP contribution >= 0.6 is 11.3 Å². The van der Waals surface area contributed by atoms with Gasteiger partial charge in [-0.05, 0) is 0 Å². The van der Waals surface area contributed by atoms with E-state index in [0.29, 0.717) is 23.1 Å². The number of alkyl halides is 1. The molecule has 24 heavy (non-hydrogen) atoms. The van der Waals surface area contributed by atoms with Gasteiger partial charge in [-0.25, -0.2) is 19.3 Å². The summed E-state index contributed by atoms with van der Waals surface area (Å²) in [5.41, 5.74) is -1.31. The van der Waals surface area contributed by atoms with E-state index in [9.17, 15) is 4.79 Å². The predicted octanol–water partition coefficient (Wildman–Crippen LogP) is 1.38. The summed E-state index contributed by atoms with van der Waals surface area (Å²) < 4.78 is 16.7. The Hall–Kier alpha value is -2.62. The van der Waals surface area contributed by atoms with Crippen molar-refractivity contribution >= 4 is 39.2 Å². The summed E-state index contributed by atoms with van der Waals surface area (Å²) in [5, 5.41) is 9.55. The van der Waals surface area contributed by atoms with Crippen molar-refractivity contribution in [3.05, 3.63) is 24.1 Å². The van der Waals surface area contributed by atoms with Crippen molar-refractivity contribution in [1.29, 1.82) is 0 Å². The molecule has 1 fully saturated rings. The number of halogens is 1. The number of fused-ring (bicyclic) bond motifs is 1. The Labute approximate surface area is 140 Å². The average Bonchev–Trinajstić information content (AvgIpc) is 3.29. The highest BCUT2D eigenvalue weighted by atomic mass is 32.1. The number of anilines is 2. The third-order valence-corrected chi connectivity index (χ3v) is 4.78. The molecule has 3 aromatic rings. The normalized spacial score (nSPS) is 20.7. The maximum absolute atomic E-state index is 15.1. The van der Waals surface area contributed by atoms with Crippen molar-refractivity contribution in [1.82, 2.24) is 24.7 Å². The second kappa shape index (κ2) is 5.48. The second-order valence-electron chi connectivity index (χ2n) is 5.63. The lowest BCUT2D eigenvalue weighted by molar-refractivity contribution is -0.126. The van der Waals surface area contributed by atoms with Gasteiger partial charge in [0.1, 0.15) is 12.1 Å². The molecule has 124 valence electrons. The van der Waals surface area contributed by atoms with Crippen molar-refractivity contribution in [3.63, 3.8) is 0 Å². The Morgan fingerprint density at radius 3 is 3.08 bits per heavy atom. The summed E-state index contributed by atoms with van der Waals surface area (Å²) in [5.74, 6) is -0.0777. The monoisotopic (exact) mass is 347 g/mol. The van der Waals surface area contributed by atoms with Crippen molar-refractivity contribution in [2.75, 3.05) is 23.3 Å². The molecule has 1 saturated heterocycles. The lowest BCUT2D eigenvalue weighted by atomic mass is 10.1. The Morgan fingerprint density at radius 2 is 2.29 bits per heavy atom.